The highest BCUT2D eigenvalue weighted by molar-refractivity contribution is 6.04. The van der Waals surface area contributed by atoms with E-state index in [9.17, 15) is 9.59 Å². The second kappa shape index (κ2) is 3.08. The summed E-state index contributed by atoms with van der Waals surface area (Å²) >= 11 is 0. The van der Waals surface area contributed by atoms with Crippen molar-refractivity contribution in [2.75, 3.05) is 7.11 Å². The van der Waals surface area contributed by atoms with Crippen LogP contribution in [0, 0.1) is 13.8 Å². The van der Waals surface area contributed by atoms with Crippen LogP contribution in [-0.2, 0) is 4.74 Å². The van der Waals surface area contributed by atoms with Crippen molar-refractivity contribution in [1.82, 2.24) is 4.57 Å². The summed E-state index contributed by atoms with van der Waals surface area (Å²) in [5.41, 5.74) is 2.70. The van der Waals surface area contributed by atoms with Gasteiger partial charge in [0.15, 0.2) is 0 Å². The van der Waals surface area contributed by atoms with Crippen molar-refractivity contribution in [2.24, 2.45) is 0 Å². The number of hydrogen-bond donors (Lipinski definition) is 0. The Morgan fingerprint density at radius 2 is 2.00 bits per heavy atom. The Kier molecular flexibility index (Phi) is 2.00. The molecule has 0 N–H and O–H groups in total. The highest BCUT2D eigenvalue weighted by Gasteiger charge is 2.26. The van der Waals surface area contributed by atoms with Gasteiger partial charge < -0.3 is 4.74 Å². The minimum absolute atomic E-state index is 0.110. The van der Waals surface area contributed by atoms with Gasteiger partial charge in [0.05, 0.1) is 18.4 Å². The highest BCUT2D eigenvalue weighted by atomic mass is 16.5. The molecule has 1 aliphatic rings. The average Bonchev–Trinajstić information content (AvgIpc) is 2.69. The number of aromatic nitrogens is 1. The topological polar surface area (TPSA) is 48.3 Å². The molecule has 78 valence electrons. The van der Waals surface area contributed by atoms with E-state index in [1.54, 1.807) is 13.0 Å². The van der Waals surface area contributed by atoms with Gasteiger partial charge in [-0.05, 0) is 25.5 Å². The Morgan fingerprint density at radius 1 is 1.33 bits per heavy atom. The van der Waals surface area contributed by atoms with E-state index in [2.05, 4.69) is 4.74 Å². The number of rotatable bonds is 1. The smallest absolute Gasteiger partial charge is 0.339 e. The number of esters is 1. The molecule has 0 unspecified atom stereocenters. The van der Waals surface area contributed by atoms with Crippen LogP contribution in [0.1, 0.15) is 32.1 Å². The lowest BCUT2D eigenvalue weighted by Crippen LogP contribution is -2.09. The monoisotopic (exact) mass is 205 g/mol. The molecule has 1 aromatic heterocycles. The molecule has 1 aliphatic heterocycles. The van der Waals surface area contributed by atoms with Crippen molar-refractivity contribution in [3.8, 4) is 0 Å². The lowest BCUT2D eigenvalue weighted by atomic mass is 10.1. The number of allylic oxidation sites excluding steroid dienone is 1. The van der Waals surface area contributed by atoms with Gasteiger partial charge in [-0.3, -0.25) is 9.36 Å². The number of carbonyl (C=O) groups is 2. The summed E-state index contributed by atoms with van der Waals surface area (Å²) in [6, 6.07) is 0. The third-order valence-electron chi connectivity index (χ3n) is 2.69. The number of hydrogen-bond acceptors (Lipinski definition) is 3. The first kappa shape index (κ1) is 9.71. The number of methoxy groups -OCH3 is 1. The SMILES string of the molecule is COC(=O)c1c(C)c2n(c1C)C(=O)C=C2. The number of nitrogens with zero attached hydrogens (tertiary/aromatic N) is 1. The van der Waals surface area contributed by atoms with Crippen molar-refractivity contribution in [3.05, 3.63) is 28.6 Å². The van der Waals surface area contributed by atoms with E-state index in [0.29, 0.717) is 11.3 Å². The molecule has 1 aromatic rings. The van der Waals surface area contributed by atoms with Crippen molar-refractivity contribution < 1.29 is 14.3 Å². The molecule has 0 spiro atoms. The van der Waals surface area contributed by atoms with E-state index in [0.717, 1.165) is 11.3 Å². The lowest BCUT2D eigenvalue weighted by molar-refractivity contribution is 0.0599. The molecule has 0 aromatic carbocycles. The van der Waals surface area contributed by atoms with Crippen LogP contribution >= 0.6 is 0 Å². The lowest BCUT2D eigenvalue weighted by Gasteiger charge is -2.01. The van der Waals surface area contributed by atoms with Gasteiger partial charge in [0.2, 0.25) is 0 Å². The zero-order valence-electron chi connectivity index (χ0n) is 8.83. The molecular formula is C11H11NO3. The Morgan fingerprint density at radius 3 is 2.53 bits per heavy atom. The van der Waals surface area contributed by atoms with E-state index in [1.165, 1.54) is 17.8 Å². The van der Waals surface area contributed by atoms with E-state index >= 15 is 0 Å². The molecule has 0 radical (unpaired) electrons. The second-order valence-electron chi connectivity index (χ2n) is 3.47. The van der Waals surface area contributed by atoms with Gasteiger partial charge >= 0.3 is 5.97 Å². The van der Waals surface area contributed by atoms with E-state index in [-0.39, 0.29) is 5.91 Å². The fraction of sp³-hybridized carbons (Fsp3) is 0.273. The van der Waals surface area contributed by atoms with Gasteiger partial charge in [0, 0.05) is 11.8 Å². The molecule has 0 saturated heterocycles. The molecule has 0 saturated carbocycles. The molecule has 0 atom stereocenters. The van der Waals surface area contributed by atoms with Crippen LogP contribution in [0.15, 0.2) is 6.08 Å². The predicted molar refractivity (Wildman–Crippen MR) is 54.9 cm³/mol. The van der Waals surface area contributed by atoms with Gasteiger partial charge in [-0.15, -0.1) is 0 Å². The van der Waals surface area contributed by atoms with Crippen LogP contribution in [0.3, 0.4) is 0 Å². The molecule has 4 heteroatoms. The van der Waals surface area contributed by atoms with Crippen molar-refractivity contribution >= 4 is 18.0 Å². The highest BCUT2D eigenvalue weighted by Crippen LogP contribution is 2.27. The first-order chi connectivity index (χ1) is 7.07. The Labute approximate surface area is 87.1 Å². The maximum atomic E-state index is 11.5. The van der Waals surface area contributed by atoms with Gasteiger partial charge in [0.25, 0.3) is 5.91 Å². The maximum absolute atomic E-state index is 11.5. The summed E-state index contributed by atoms with van der Waals surface area (Å²) in [5.74, 6) is -0.506. The fourth-order valence-corrected chi connectivity index (χ4v) is 1.97. The van der Waals surface area contributed by atoms with Crippen LogP contribution < -0.4 is 0 Å². The zero-order valence-corrected chi connectivity index (χ0v) is 8.83. The molecule has 0 fully saturated rings. The Balaban J connectivity index is 2.70. The minimum Gasteiger partial charge on any atom is -0.465 e. The average molecular weight is 205 g/mol. The molecule has 0 aliphatic carbocycles. The molecule has 0 bridgehead atoms. The fourth-order valence-electron chi connectivity index (χ4n) is 1.97. The van der Waals surface area contributed by atoms with Crippen LogP contribution in [0.5, 0.6) is 0 Å². The van der Waals surface area contributed by atoms with E-state index in [1.807, 2.05) is 6.92 Å². The molecule has 4 nitrogen and oxygen atoms in total. The van der Waals surface area contributed by atoms with Gasteiger partial charge in [-0.25, -0.2) is 4.79 Å². The summed E-state index contributed by atoms with van der Waals surface area (Å²) in [6.07, 6.45) is 3.22. The predicted octanol–water partition coefficient (Wildman–Crippen LogP) is 1.56. The van der Waals surface area contributed by atoms with Crippen LogP contribution in [0.4, 0.5) is 0 Å². The molecule has 15 heavy (non-hydrogen) atoms. The van der Waals surface area contributed by atoms with E-state index < -0.39 is 5.97 Å². The number of ether oxygens (including phenoxy) is 1. The molecule has 2 rings (SSSR count). The van der Waals surface area contributed by atoms with Crippen LogP contribution in [0.25, 0.3) is 6.08 Å². The largest absolute Gasteiger partial charge is 0.465 e. The zero-order chi connectivity index (χ0) is 11.2. The third kappa shape index (κ3) is 1.14. The van der Waals surface area contributed by atoms with Gasteiger partial charge in [-0.1, -0.05) is 0 Å². The summed E-state index contributed by atoms with van der Waals surface area (Å²) < 4.78 is 6.21. The van der Waals surface area contributed by atoms with Crippen molar-refractivity contribution in [3.63, 3.8) is 0 Å². The summed E-state index contributed by atoms with van der Waals surface area (Å²) in [5, 5.41) is 0. The molecule has 2 heterocycles. The van der Waals surface area contributed by atoms with Crippen molar-refractivity contribution in [2.45, 2.75) is 13.8 Å². The maximum Gasteiger partial charge on any atom is 0.339 e. The number of carbonyl (C=O) groups excluding carboxylic acids is 2. The molecular weight excluding hydrogens is 194 g/mol. The van der Waals surface area contributed by atoms with Gasteiger partial charge in [0.1, 0.15) is 0 Å². The van der Waals surface area contributed by atoms with Crippen LogP contribution in [0.2, 0.25) is 0 Å². The van der Waals surface area contributed by atoms with E-state index in [4.69, 9.17) is 0 Å². The second-order valence-corrected chi connectivity index (χ2v) is 3.47. The first-order valence-electron chi connectivity index (χ1n) is 4.60. The number of fused-ring (bicyclic) bond motifs is 1. The van der Waals surface area contributed by atoms with Gasteiger partial charge in [-0.2, -0.15) is 0 Å². The quantitative estimate of drug-likeness (QED) is 0.653. The van der Waals surface area contributed by atoms with Crippen LogP contribution in [-0.4, -0.2) is 23.6 Å². The summed E-state index contributed by atoms with van der Waals surface area (Å²) in [4.78, 5) is 23.0. The normalized spacial score (nSPS) is 13.1. The summed E-state index contributed by atoms with van der Waals surface area (Å²) in [7, 11) is 1.33. The van der Waals surface area contributed by atoms with Crippen molar-refractivity contribution in [1.29, 1.82) is 0 Å². The molecule has 0 amide bonds. The Bertz CT molecular complexity index is 494. The standard InChI is InChI=1S/C11H11NO3/c1-6-8-4-5-9(13)12(8)7(2)10(6)11(14)15-3/h4-5H,1-3H3. The minimum atomic E-state index is -0.395. The Hall–Kier alpha value is -1.84. The third-order valence-corrected chi connectivity index (χ3v) is 2.69. The summed E-state index contributed by atoms with van der Waals surface area (Å²) in [6.45, 7) is 3.56. The first-order valence-corrected chi connectivity index (χ1v) is 4.60.